The van der Waals surface area contributed by atoms with Gasteiger partial charge in [-0.05, 0) is 36.6 Å². The summed E-state index contributed by atoms with van der Waals surface area (Å²) in [6.45, 7) is 5.52. The number of pyridine rings is 1. The summed E-state index contributed by atoms with van der Waals surface area (Å²) in [7, 11) is 0. The number of anilines is 2. The molecule has 0 aliphatic carbocycles. The van der Waals surface area contributed by atoms with Crippen LogP contribution in [-0.4, -0.2) is 11.5 Å². The van der Waals surface area contributed by atoms with Crippen LogP contribution in [0.1, 0.15) is 39.5 Å². The molecular formula is C17H25N3. The lowest BCUT2D eigenvalue weighted by atomic mass is 9.99. The molecule has 3 heteroatoms. The number of nitrogens with one attached hydrogen (secondary N) is 1. The van der Waals surface area contributed by atoms with Gasteiger partial charge in [-0.3, -0.25) is 4.98 Å². The molecule has 0 spiro atoms. The maximum Gasteiger partial charge on any atom is 0.0953 e. The Morgan fingerprint density at radius 2 is 2.10 bits per heavy atom. The first-order chi connectivity index (χ1) is 9.76. The van der Waals surface area contributed by atoms with Crippen LogP contribution in [0.5, 0.6) is 0 Å². The van der Waals surface area contributed by atoms with Crippen LogP contribution in [0.15, 0.2) is 30.5 Å². The van der Waals surface area contributed by atoms with Crippen molar-refractivity contribution in [3.05, 3.63) is 30.5 Å². The van der Waals surface area contributed by atoms with Crippen molar-refractivity contribution in [2.75, 3.05) is 17.6 Å². The first kappa shape index (κ1) is 14.6. The molecule has 1 heterocycles. The number of hydrogen-bond acceptors (Lipinski definition) is 3. The van der Waals surface area contributed by atoms with Gasteiger partial charge in [0, 0.05) is 23.8 Å². The van der Waals surface area contributed by atoms with Crippen LogP contribution >= 0.6 is 0 Å². The predicted octanol–water partition coefficient (Wildman–Crippen LogP) is 4.45. The van der Waals surface area contributed by atoms with Crippen molar-refractivity contribution in [3.8, 4) is 0 Å². The molecule has 1 unspecified atom stereocenters. The highest BCUT2D eigenvalue weighted by Crippen LogP contribution is 2.26. The number of fused-ring (bicyclic) bond motifs is 1. The molecule has 1 aromatic carbocycles. The minimum atomic E-state index is 0.728. The van der Waals surface area contributed by atoms with E-state index < -0.39 is 0 Å². The van der Waals surface area contributed by atoms with Gasteiger partial charge in [0.1, 0.15) is 0 Å². The van der Waals surface area contributed by atoms with Gasteiger partial charge in [-0.15, -0.1) is 0 Å². The van der Waals surface area contributed by atoms with Crippen LogP contribution in [-0.2, 0) is 0 Å². The van der Waals surface area contributed by atoms with Gasteiger partial charge in [-0.25, -0.2) is 0 Å². The Bertz CT molecular complexity index is 551. The molecule has 0 aliphatic rings. The van der Waals surface area contributed by atoms with E-state index >= 15 is 0 Å². The summed E-state index contributed by atoms with van der Waals surface area (Å²) in [4.78, 5) is 4.47. The van der Waals surface area contributed by atoms with Crippen LogP contribution in [0.2, 0.25) is 0 Å². The van der Waals surface area contributed by atoms with Crippen molar-refractivity contribution < 1.29 is 0 Å². The minimum absolute atomic E-state index is 0.728. The molecule has 0 saturated heterocycles. The lowest BCUT2D eigenvalue weighted by Crippen LogP contribution is -2.14. The summed E-state index contributed by atoms with van der Waals surface area (Å²) in [5.41, 5.74) is 8.85. The van der Waals surface area contributed by atoms with Gasteiger partial charge < -0.3 is 11.1 Å². The monoisotopic (exact) mass is 271 g/mol. The van der Waals surface area contributed by atoms with Gasteiger partial charge in [0.05, 0.1) is 11.2 Å². The van der Waals surface area contributed by atoms with E-state index in [2.05, 4.69) is 24.1 Å². The molecule has 0 amide bonds. The molecule has 2 aromatic rings. The van der Waals surface area contributed by atoms with E-state index in [-0.39, 0.29) is 0 Å². The predicted molar refractivity (Wildman–Crippen MR) is 88.0 cm³/mol. The molecular weight excluding hydrogens is 246 g/mol. The second-order valence-corrected chi connectivity index (χ2v) is 5.40. The van der Waals surface area contributed by atoms with Crippen molar-refractivity contribution in [2.24, 2.45) is 5.92 Å². The zero-order valence-corrected chi connectivity index (χ0v) is 12.5. The maximum absolute atomic E-state index is 6.01. The average Bonchev–Trinajstić information content (AvgIpc) is 2.49. The fourth-order valence-electron chi connectivity index (χ4n) is 2.53. The summed E-state index contributed by atoms with van der Waals surface area (Å²) < 4.78 is 0. The molecule has 0 fully saturated rings. The Kier molecular flexibility index (Phi) is 5.22. The zero-order chi connectivity index (χ0) is 14.4. The van der Waals surface area contributed by atoms with Gasteiger partial charge in [-0.1, -0.05) is 33.1 Å². The SMILES string of the molecule is CCCCC(CC)CNc1ccc(N)c2cccnc12. The number of nitrogens with two attached hydrogens (primary N) is 1. The van der Waals surface area contributed by atoms with Gasteiger partial charge in [0.25, 0.3) is 0 Å². The molecule has 20 heavy (non-hydrogen) atoms. The topological polar surface area (TPSA) is 50.9 Å². The second kappa shape index (κ2) is 7.13. The van der Waals surface area contributed by atoms with Crippen molar-refractivity contribution in [3.63, 3.8) is 0 Å². The number of rotatable bonds is 7. The molecule has 1 atom stereocenters. The maximum atomic E-state index is 6.01. The van der Waals surface area contributed by atoms with Crippen LogP contribution in [0, 0.1) is 5.92 Å². The number of hydrogen-bond donors (Lipinski definition) is 2. The van der Waals surface area contributed by atoms with E-state index in [0.717, 1.165) is 34.7 Å². The van der Waals surface area contributed by atoms with Crippen molar-refractivity contribution >= 4 is 22.3 Å². The highest BCUT2D eigenvalue weighted by Gasteiger charge is 2.08. The Labute approximate surface area is 121 Å². The van der Waals surface area contributed by atoms with Gasteiger partial charge >= 0.3 is 0 Å². The Morgan fingerprint density at radius 3 is 2.85 bits per heavy atom. The standard InChI is InChI=1S/C17H25N3/c1-3-5-7-13(4-2)12-20-16-10-9-15(18)14-8-6-11-19-17(14)16/h6,8-11,13,20H,3-5,7,12,18H2,1-2H3. The van der Waals surface area contributed by atoms with Crippen LogP contribution in [0.25, 0.3) is 10.9 Å². The third kappa shape index (κ3) is 3.41. The summed E-state index contributed by atoms with van der Waals surface area (Å²) >= 11 is 0. The molecule has 2 rings (SSSR count). The Hall–Kier alpha value is -1.77. The lowest BCUT2D eigenvalue weighted by molar-refractivity contribution is 0.473. The van der Waals surface area contributed by atoms with Crippen LogP contribution in [0.4, 0.5) is 11.4 Å². The van der Waals surface area contributed by atoms with E-state index in [1.807, 2.05) is 30.5 Å². The van der Waals surface area contributed by atoms with Crippen LogP contribution < -0.4 is 11.1 Å². The smallest absolute Gasteiger partial charge is 0.0953 e. The van der Waals surface area contributed by atoms with Crippen molar-refractivity contribution in [2.45, 2.75) is 39.5 Å². The highest BCUT2D eigenvalue weighted by molar-refractivity contribution is 5.98. The second-order valence-electron chi connectivity index (χ2n) is 5.40. The third-order valence-electron chi connectivity index (χ3n) is 3.93. The average molecular weight is 271 g/mol. The Balaban J connectivity index is 2.11. The van der Waals surface area contributed by atoms with E-state index in [9.17, 15) is 0 Å². The fourth-order valence-corrected chi connectivity index (χ4v) is 2.53. The fraction of sp³-hybridized carbons (Fsp3) is 0.471. The number of aromatic nitrogens is 1. The summed E-state index contributed by atoms with van der Waals surface area (Å²) in [5, 5.41) is 4.58. The molecule has 0 bridgehead atoms. The molecule has 3 N–H and O–H groups in total. The summed E-state index contributed by atoms with van der Waals surface area (Å²) in [6.07, 6.45) is 6.90. The molecule has 0 saturated carbocycles. The van der Waals surface area contributed by atoms with E-state index in [1.54, 1.807) is 0 Å². The van der Waals surface area contributed by atoms with Crippen LogP contribution in [0.3, 0.4) is 0 Å². The largest absolute Gasteiger partial charge is 0.398 e. The number of nitrogen functional groups attached to an aromatic ring is 1. The normalized spacial score (nSPS) is 12.5. The number of benzene rings is 1. The van der Waals surface area contributed by atoms with Gasteiger partial charge in [0.2, 0.25) is 0 Å². The molecule has 0 radical (unpaired) electrons. The summed E-state index contributed by atoms with van der Waals surface area (Å²) in [6, 6.07) is 7.95. The van der Waals surface area contributed by atoms with Crippen molar-refractivity contribution in [1.29, 1.82) is 0 Å². The van der Waals surface area contributed by atoms with Crippen molar-refractivity contribution in [1.82, 2.24) is 4.98 Å². The summed E-state index contributed by atoms with van der Waals surface area (Å²) in [5.74, 6) is 0.728. The molecule has 3 nitrogen and oxygen atoms in total. The highest BCUT2D eigenvalue weighted by atomic mass is 14.9. The zero-order valence-electron chi connectivity index (χ0n) is 12.5. The quantitative estimate of drug-likeness (QED) is 0.732. The minimum Gasteiger partial charge on any atom is -0.398 e. The first-order valence-electron chi connectivity index (χ1n) is 7.63. The lowest BCUT2D eigenvalue weighted by Gasteiger charge is -2.17. The number of nitrogens with zero attached hydrogens (tertiary/aromatic N) is 1. The first-order valence-corrected chi connectivity index (χ1v) is 7.63. The Morgan fingerprint density at radius 1 is 1.25 bits per heavy atom. The van der Waals surface area contributed by atoms with Gasteiger partial charge in [-0.2, -0.15) is 0 Å². The molecule has 0 aliphatic heterocycles. The van der Waals surface area contributed by atoms with E-state index in [4.69, 9.17) is 5.73 Å². The van der Waals surface area contributed by atoms with Gasteiger partial charge in [0.15, 0.2) is 0 Å². The third-order valence-corrected chi connectivity index (χ3v) is 3.93. The van der Waals surface area contributed by atoms with E-state index in [1.165, 1.54) is 25.7 Å². The van der Waals surface area contributed by atoms with E-state index in [0.29, 0.717) is 0 Å². The molecule has 1 aromatic heterocycles. The number of unbranched alkanes of at least 4 members (excludes halogenated alkanes) is 1. The molecule has 108 valence electrons.